The highest BCUT2D eigenvalue weighted by molar-refractivity contribution is 5.92. The number of morpholine rings is 1. The van der Waals surface area contributed by atoms with Crippen LogP contribution in [0.4, 0.5) is 0 Å². The number of carbonyl (C=O) groups excluding carboxylic acids is 1. The van der Waals surface area contributed by atoms with Crippen molar-refractivity contribution in [3.05, 3.63) is 23.8 Å². The standard InChI is InChI=1S/C15H19N3O4/c19-13(11-8-17-12(9-16-11)14(20)21)18-6-7-22-15(10-18)4-2-1-3-5-15/h8-9H,1-7,10H2,(H,20,21). The van der Waals surface area contributed by atoms with E-state index in [1.165, 1.54) is 12.6 Å². The Hall–Kier alpha value is -2.02. The van der Waals surface area contributed by atoms with Gasteiger partial charge in [0.1, 0.15) is 5.69 Å². The van der Waals surface area contributed by atoms with Crippen LogP contribution in [0, 0.1) is 0 Å². The van der Waals surface area contributed by atoms with Crippen LogP contribution in [0.1, 0.15) is 53.1 Å². The van der Waals surface area contributed by atoms with Crippen LogP contribution in [0.2, 0.25) is 0 Å². The maximum Gasteiger partial charge on any atom is 0.356 e. The van der Waals surface area contributed by atoms with E-state index in [0.29, 0.717) is 19.7 Å². The molecule has 2 aliphatic rings. The first-order valence-corrected chi connectivity index (χ1v) is 7.58. The van der Waals surface area contributed by atoms with Crippen molar-refractivity contribution in [1.29, 1.82) is 0 Å². The molecule has 3 rings (SSSR count). The molecule has 1 aromatic heterocycles. The molecule has 1 saturated heterocycles. The molecule has 118 valence electrons. The Bertz CT molecular complexity index is 561. The molecule has 1 N–H and O–H groups in total. The molecule has 1 aliphatic heterocycles. The molecule has 2 fully saturated rings. The Kier molecular flexibility index (Phi) is 4.06. The molecule has 1 amide bonds. The molecule has 1 saturated carbocycles. The zero-order chi connectivity index (χ0) is 15.6. The maximum absolute atomic E-state index is 12.5. The van der Waals surface area contributed by atoms with Gasteiger partial charge in [0.25, 0.3) is 5.91 Å². The number of ether oxygens (including phenoxy) is 1. The summed E-state index contributed by atoms with van der Waals surface area (Å²) < 4.78 is 5.97. The first-order valence-electron chi connectivity index (χ1n) is 7.58. The number of hydrogen-bond donors (Lipinski definition) is 1. The Balaban J connectivity index is 1.72. The molecule has 7 heteroatoms. The van der Waals surface area contributed by atoms with Crippen LogP contribution < -0.4 is 0 Å². The Morgan fingerprint density at radius 2 is 1.82 bits per heavy atom. The molecule has 7 nitrogen and oxygen atoms in total. The number of nitrogens with zero attached hydrogens (tertiary/aromatic N) is 3. The predicted molar refractivity (Wildman–Crippen MR) is 76.7 cm³/mol. The lowest BCUT2D eigenvalue weighted by Crippen LogP contribution is -2.54. The van der Waals surface area contributed by atoms with Crippen molar-refractivity contribution in [2.75, 3.05) is 19.7 Å². The van der Waals surface area contributed by atoms with E-state index < -0.39 is 5.97 Å². The number of rotatable bonds is 2. The zero-order valence-corrected chi connectivity index (χ0v) is 12.3. The van der Waals surface area contributed by atoms with Gasteiger partial charge in [0.15, 0.2) is 5.69 Å². The third-order valence-corrected chi connectivity index (χ3v) is 4.39. The van der Waals surface area contributed by atoms with Gasteiger partial charge < -0.3 is 14.7 Å². The van der Waals surface area contributed by atoms with Gasteiger partial charge in [-0.3, -0.25) is 4.79 Å². The van der Waals surface area contributed by atoms with Crippen molar-refractivity contribution < 1.29 is 19.4 Å². The third kappa shape index (κ3) is 2.94. The number of hydrogen-bond acceptors (Lipinski definition) is 5. The number of aromatic carboxylic acids is 1. The van der Waals surface area contributed by atoms with Crippen molar-refractivity contribution in [3.63, 3.8) is 0 Å². The van der Waals surface area contributed by atoms with Gasteiger partial charge in [0.2, 0.25) is 0 Å². The molecule has 0 aromatic carbocycles. The first-order chi connectivity index (χ1) is 10.6. The van der Waals surface area contributed by atoms with Crippen LogP contribution in [0.5, 0.6) is 0 Å². The molecule has 0 atom stereocenters. The summed E-state index contributed by atoms with van der Waals surface area (Å²) >= 11 is 0. The summed E-state index contributed by atoms with van der Waals surface area (Å²) in [7, 11) is 0. The summed E-state index contributed by atoms with van der Waals surface area (Å²) in [6.45, 7) is 1.64. The van der Waals surface area contributed by atoms with Crippen molar-refractivity contribution in [2.45, 2.75) is 37.7 Å². The van der Waals surface area contributed by atoms with Gasteiger partial charge in [-0.05, 0) is 12.8 Å². The topological polar surface area (TPSA) is 92.6 Å². The summed E-state index contributed by atoms with van der Waals surface area (Å²) in [5, 5.41) is 8.81. The molecule has 0 bridgehead atoms. The first kappa shape index (κ1) is 14.9. The highest BCUT2D eigenvalue weighted by atomic mass is 16.5. The van der Waals surface area contributed by atoms with E-state index >= 15 is 0 Å². The van der Waals surface area contributed by atoms with Gasteiger partial charge in [-0.2, -0.15) is 0 Å². The van der Waals surface area contributed by atoms with Gasteiger partial charge in [0.05, 0.1) is 31.1 Å². The van der Waals surface area contributed by atoms with Crippen LogP contribution >= 0.6 is 0 Å². The van der Waals surface area contributed by atoms with Crippen LogP contribution in [0.25, 0.3) is 0 Å². The maximum atomic E-state index is 12.5. The monoisotopic (exact) mass is 305 g/mol. The Morgan fingerprint density at radius 1 is 1.14 bits per heavy atom. The second-order valence-corrected chi connectivity index (χ2v) is 5.91. The molecular formula is C15H19N3O4. The van der Waals surface area contributed by atoms with Crippen molar-refractivity contribution in [2.24, 2.45) is 0 Å². The highest BCUT2D eigenvalue weighted by Gasteiger charge is 2.39. The van der Waals surface area contributed by atoms with E-state index in [0.717, 1.165) is 31.9 Å². The van der Waals surface area contributed by atoms with E-state index in [1.807, 2.05) is 0 Å². The van der Waals surface area contributed by atoms with E-state index in [-0.39, 0.29) is 22.9 Å². The highest BCUT2D eigenvalue weighted by Crippen LogP contribution is 2.34. The Morgan fingerprint density at radius 3 is 2.45 bits per heavy atom. The van der Waals surface area contributed by atoms with Crippen LogP contribution in [0.15, 0.2) is 12.4 Å². The van der Waals surface area contributed by atoms with E-state index in [4.69, 9.17) is 9.84 Å². The number of carbonyl (C=O) groups is 2. The lowest BCUT2D eigenvalue weighted by molar-refractivity contribution is -0.118. The molecule has 1 spiro atoms. The summed E-state index contributed by atoms with van der Waals surface area (Å²) in [6, 6.07) is 0. The fourth-order valence-corrected chi connectivity index (χ4v) is 3.23. The number of carboxylic acid groups (broad SMARTS) is 1. The van der Waals surface area contributed by atoms with E-state index in [1.54, 1.807) is 4.90 Å². The summed E-state index contributed by atoms with van der Waals surface area (Å²) in [4.78, 5) is 32.7. The molecule has 1 aliphatic carbocycles. The van der Waals surface area contributed by atoms with Gasteiger partial charge in [0, 0.05) is 6.54 Å². The molecular weight excluding hydrogens is 286 g/mol. The minimum atomic E-state index is -1.15. The number of amides is 1. The summed E-state index contributed by atoms with van der Waals surface area (Å²) in [5.41, 5.74) is -0.194. The predicted octanol–water partition coefficient (Wildman–Crippen LogP) is 1.35. The molecule has 0 radical (unpaired) electrons. The second kappa shape index (κ2) is 6.00. The SMILES string of the molecule is O=C(O)c1cnc(C(=O)N2CCOC3(CCCCC3)C2)cn1. The molecule has 0 unspecified atom stereocenters. The molecule has 22 heavy (non-hydrogen) atoms. The summed E-state index contributed by atoms with van der Waals surface area (Å²) in [6.07, 6.45) is 7.81. The molecule has 2 heterocycles. The summed E-state index contributed by atoms with van der Waals surface area (Å²) in [5.74, 6) is -1.36. The lowest BCUT2D eigenvalue weighted by Gasteiger charge is -2.44. The van der Waals surface area contributed by atoms with E-state index in [2.05, 4.69) is 9.97 Å². The Labute approximate surface area is 128 Å². The van der Waals surface area contributed by atoms with Crippen molar-refractivity contribution in [1.82, 2.24) is 14.9 Å². The smallest absolute Gasteiger partial charge is 0.356 e. The quantitative estimate of drug-likeness (QED) is 0.886. The van der Waals surface area contributed by atoms with Crippen LogP contribution in [0.3, 0.4) is 0 Å². The van der Waals surface area contributed by atoms with Gasteiger partial charge in [-0.15, -0.1) is 0 Å². The lowest BCUT2D eigenvalue weighted by atomic mass is 9.83. The zero-order valence-electron chi connectivity index (χ0n) is 12.3. The fraction of sp³-hybridized carbons (Fsp3) is 0.600. The minimum Gasteiger partial charge on any atom is -0.476 e. The van der Waals surface area contributed by atoms with Crippen LogP contribution in [-0.2, 0) is 4.74 Å². The second-order valence-electron chi connectivity index (χ2n) is 5.91. The number of aromatic nitrogens is 2. The third-order valence-electron chi connectivity index (χ3n) is 4.39. The van der Waals surface area contributed by atoms with Crippen LogP contribution in [-0.4, -0.2) is 57.1 Å². The largest absolute Gasteiger partial charge is 0.476 e. The van der Waals surface area contributed by atoms with Gasteiger partial charge >= 0.3 is 5.97 Å². The average molecular weight is 305 g/mol. The minimum absolute atomic E-state index is 0.165. The normalized spacial score (nSPS) is 20.8. The average Bonchev–Trinajstić information content (AvgIpc) is 2.55. The van der Waals surface area contributed by atoms with Gasteiger partial charge in [-0.1, -0.05) is 19.3 Å². The van der Waals surface area contributed by atoms with Crippen molar-refractivity contribution >= 4 is 11.9 Å². The molecule has 1 aromatic rings. The number of carboxylic acids is 1. The van der Waals surface area contributed by atoms with E-state index in [9.17, 15) is 9.59 Å². The fourth-order valence-electron chi connectivity index (χ4n) is 3.23. The van der Waals surface area contributed by atoms with Gasteiger partial charge in [-0.25, -0.2) is 14.8 Å². The van der Waals surface area contributed by atoms with Crippen molar-refractivity contribution in [3.8, 4) is 0 Å².